The molecule has 1 amide bonds. The number of amides is 1. The molecule has 3 N–H and O–H groups in total. The fraction of sp³-hybridized carbons (Fsp3) is 0.588. The van der Waals surface area contributed by atoms with Crippen LogP contribution in [-0.4, -0.2) is 56.6 Å². The number of anilines is 1. The molecular formula is C17H30Cl4N4O. The first kappa shape index (κ1) is 27.8. The van der Waals surface area contributed by atoms with Crippen LogP contribution in [0, 0.1) is 0 Å². The van der Waals surface area contributed by atoms with Gasteiger partial charge in [0.15, 0.2) is 0 Å². The number of halogens is 4. The molecule has 0 saturated carbocycles. The normalized spacial score (nSPS) is 13.8. The molecule has 26 heavy (non-hydrogen) atoms. The summed E-state index contributed by atoms with van der Waals surface area (Å²) in [5.41, 5.74) is 6.52. The number of carbonyl (C=O) groups excluding carboxylic acids is 1. The zero-order valence-electron chi connectivity index (χ0n) is 14.9. The Balaban J connectivity index is 0. The molecule has 1 aromatic rings. The molecule has 0 radical (unpaired) electrons. The predicted molar refractivity (Wildman–Crippen MR) is 118 cm³/mol. The van der Waals surface area contributed by atoms with Crippen molar-refractivity contribution in [3.8, 4) is 0 Å². The van der Waals surface area contributed by atoms with Crippen molar-refractivity contribution in [2.75, 3.05) is 50.7 Å². The second-order valence-corrected chi connectivity index (χ2v) is 6.28. The van der Waals surface area contributed by atoms with Crippen molar-refractivity contribution in [3.05, 3.63) is 29.3 Å². The summed E-state index contributed by atoms with van der Waals surface area (Å²) in [6, 6.07) is 8.01. The van der Waals surface area contributed by atoms with Gasteiger partial charge < -0.3 is 16.0 Å². The van der Waals surface area contributed by atoms with Crippen molar-refractivity contribution in [1.29, 1.82) is 0 Å². The lowest BCUT2D eigenvalue weighted by Gasteiger charge is -2.36. The van der Waals surface area contributed by atoms with E-state index in [1.807, 2.05) is 18.2 Å². The van der Waals surface area contributed by atoms with Crippen molar-refractivity contribution in [3.63, 3.8) is 0 Å². The van der Waals surface area contributed by atoms with Crippen molar-refractivity contribution >= 4 is 60.4 Å². The zero-order chi connectivity index (χ0) is 16.5. The van der Waals surface area contributed by atoms with E-state index in [1.54, 1.807) is 0 Å². The van der Waals surface area contributed by atoms with Gasteiger partial charge in [-0.2, -0.15) is 0 Å². The number of carbonyl (C=O) groups is 1. The number of piperazine rings is 1. The molecule has 0 aliphatic carbocycles. The highest BCUT2D eigenvalue weighted by Crippen LogP contribution is 2.25. The van der Waals surface area contributed by atoms with E-state index >= 15 is 0 Å². The maximum atomic E-state index is 11.5. The molecule has 9 heteroatoms. The number of nitrogens with two attached hydrogens (primary N) is 1. The lowest BCUT2D eigenvalue weighted by Crippen LogP contribution is -2.47. The van der Waals surface area contributed by atoms with E-state index in [-0.39, 0.29) is 43.1 Å². The van der Waals surface area contributed by atoms with Gasteiger partial charge in [-0.1, -0.05) is 23.7 Å². The van der Waals surface area contributed by atoms with Gasteiger partial charge in [-0.05, 0) is 38.1 Å². The summed E-state index contributed by atoms with van der Waals surface area (Å²) in [4.78, 5) is 16.3. The summed E-state index contributed by atoms with van der Waals surface area (Å²) < 4.78 is 0. The molecule has 1 aliphatic rings. The van der Waals surface area contributed by atoms with Crippen LogP contribution in [0.3, 0.4) is 0 Å². The Kier molecular flexibility index (Phi) is 16.7. The fourth-order valence-electron chi connectivity index (χ4n) is 2.80. The minimum Gasteiger partial charge on any atom is -0.368 e. The zero-order valence-corrected chi connectivity index (χ0v) is 18.1. The second-order valence-electron chi connectivity index (χ2n) is 5.88. The number of hydrogen-bond acceptors (Lipinski definition) is 4. The van der Waals surface area contributed by atoms with Crippen molar-refractivity contribution in [2.24, 2.45) is 5.73 Å². The summed E-state index contributed by atoms with van der Waals surface area (Å²) in [5, 5.41) is 3.77. The molecule has 152 valence electrons. The van der Waals surface area contributed by atoms with Gasteiger partial charge >= 0.3 is 0 Å². The van der Waals surface area contributed by atoms with Gasteiger partial charge in [0, 0.05) is 39.1 Å². The SMILES string of the molecule is Cl.Cl.Cl.NCCCC(=O)NCCCN1CCN(c2ccccc2Cl)CC1. The Labute approximate surface area is 180 Å². The molecule has 0 spiro atoms. The van der Waals surface area contributed by atoms with Gasteiger partial charge in [0.2, 0.25) is 5.91 Å². The predicted octanol–water partition coefficient (Wildman–Crippen LogP) is 2.97. The van der Waals surface area contributed by atoms with Crippen LogP contribution < -0.4 is 16.0 Å². The van der Waals surface area contributed by atoms with Crippen LogP contribution in [0.25, 0.3) is 0 Å². The highest BCUT2D eigenvalue weighted by atomic mass is 35.5. The molecule has 1 heterocycles. The number of benzene rings is 1. The minimum absolute atomic E-state index is 0. The van der Waals surface area contributed by atoms with E-state index in [0.29, 0.717) is 13.0 Å². The van der Waals surface area contributed by atoms with Crippen LogP contribution in [0.1, 0.15) is 19.3 Å². The highest BCUT2D eigenvalue weighted by molar-refractivity contribution is 6.33. The standard InChI is InChI=1S/C17H27ClN4O.3ClH/c18-15-5-1-2-6-16(15)22-13-11-21(12-14-22)10-4-9-20-17(23)7-3-8-19;;;/h1-2,5-6H,3-4,7-14,19H2,(H,20,23);3*1H. The molecule has 1 fully saturated rings. The van der Waals surface area contributed by atoms with Gasteiger partial charge in [-0.3, -0.25) is 9.69 Å². The molecular weight excluding hydrogens is 418 g/mol. The van der Waals surface area contributed by atoms with Crippen LogP contribution >= 0.6 is 48.8 Å². The number of rotatable bonds is 8. The number of hydrogen-bond donors (Lipinski definition) is 2. The maximum absolute atomic E-state index is 11.5. The Morgan fingerprint density at radius 1 is 1.08 bits per heavy atom. The summed E-state index contributed by atoms with van der Waals surface area (Å²) in [7, 11) is 0. The van der Waals surface area contributed by atoms with Crippen LogP contribution in [0.5, 0.6) is 0 Å². The third-order valence-electron chi connectivity index (χ3n) is 4.15. The summed E-state index contributed by atoms with van der Waals surface area (Å²) in [6.45, 7) is 6.39. The minimum atomic E-state index is 0. The Hall–Kier alpha value is -0.430. The molecule has 0 bridgehead atoms. The van der Waals surface area contributed by atoms with E-state index in [1.165, 1.54) is 0 Å². The first-order chi connectivity index (χ1) is 11.2. The van der Waals surface area contributed by atoms with Gasteiger partial charge in [-0.15, -0.1) is 37.2 Å². The summed E-state index contributed by atoms with van der Waals surface area (Å²) in [5.74, 6) is 0.110. The molecule has 0 unspecified atom stereocenters. The van der Waals surface area contributed by atoms with Crippen LogP contribution in [0.2, 0.25) is 5.02 Å². The third-order valence-corrected chi connectivity index (χ3v) is 4.47. The number of nitrogens with zero attached hydrogens (tertiary/aromatic N) is 2. The van der Waals surface area contributed by atoms with Crippen molar-refractivity contribution in [2.45, 2.75) is 19.3 Å². The highest BCUT2D eigenvalue weighted by Gasteiger charge is 2.18. The van der Waals surface area contributed by atoms with Crippen LogP contribution in [-0.2, 0) is 4.79 Å². The lowest BCUT2D eigenvalue weighted by atomic mass is 10.2. The average molecular weight is 448 g/mol. The van der Waals surface area contributed by atoms with Gasteiger partial charge in [0.1, 0.15) is 0 Å². The topological polar surface area (TPSA) is 61.6 Å². The third kappa shape index (κ3) is 9.49. The van der Waals surface area contributed by atoms with Gasteiger partial charge in [-0.25, -0.2) is 0 Å². The van der Waals surface area contributed by atoms with Gasteiger partial charge in [0.05, 0.1) is 10.7 Å². The quantitative estimate of drug-likeness (QED) is 0.601. The molecule has 2 rings (SSSR count). The Bertz CT molecular complexity index is 499. The second kappa shape index (κ2) is 15.6. The number of para-hydroxylation sites is 1. The van der Waals surface area contributed by atoms with Crippen molar-refractivity contribution < 1.29 is 4.79 Å². The fourth-order valence-corrected chi connectivity index (χ4v) is 3.06. The monoisotopic (exact) mass is 446 g/mol. The molecule has 1 aliphatic heterocycles. The van der Waals surface area contributed by atoms with Crippen LogP contribution in [0.15, 0.2) is 24.3 Å². The Morgan fingerprint density at radius 2 is 1.73 bits per heavy atom. The molecule has 0 atom stereocenters. The number of nitrogens with one attached hydrogen (secondary N) is 1. The van der Waals surface area contributed by atoms with Gasteiger partial charge in [0.25, 0.3) is 0 Å². The first-order valence-electron chi connectivity index (χ1n) is 8.39. The average Bonchev–Trinajstić information content (AvgIpc) is 2.58. The van der Waals surface area contributed by atoms with E-state index < -0.39 is 0 Å². The lowest BCUT2D eigenvalue weighted by molar-refractivity contribution is -0.121. The molecule has 1 aromatic carbocycles. The van der Waals surface area contributed by atoms with Crippen molar-refractivity contribution in [1.82, 2.24) is 10.2 Å². The van der Waals surface area contributed by atoms with E-state index in [2.05, 4.69) is 21.2 Å². The maximum Gasteiger partial charge on any atom is 0.220 e. The molecule has 5 nitrogen and oxygen atoms in total. The van der Waals surface area contributed by atoms with E-state index in [0.717, 1.165) is 62.8 Å². The smallest absolute Gasteiger partial charge is 0.220 e. The molecule has 0 aromatic heterocycles. The first-order valence-corrected chi connectivity index (χ1v) is 8.77. The van der Waals surface area contributed by atoms with E-state index in [9.17, 15) is 4.79 Å². The summed E-state index contributed by atoms with van der Waals surface area (Å²) in [6.07, 6.45) is 2.28. The Morgan fingerprint density at radius 3 is 2.35 bits per heavy atom. The summed E-state index contributed by atoms with van der Waals surface area (Å²) >= 11 is 6.26. The largest absolute Gasteiger partial charge is 0.368 e. The molecule has 1 saturated heterocycles. The van der Waals surface area contributed by atoms with Crippen LogP contribution in [0.4, 0.5) is 5.69 Å². The van der Waals surface area contributed by atoms with E-state index in [4.69, 9.17) is 17.3 Å².